The molecular weight excluding hydrogens is 301 g/mol. The van der Waals surface area contributed by atoms with E-state index in [1.54, 1.807) is 26.8 Å². The minimum Gasteiger partial charge on any atom is -0.466 e. The molecule has 124 valence electrons. The van der Waals surface area contributed by atoms with Crippen LogP contribution in [0, 0.1) is 0 Å². The number of hydrogen-bond donors (Lipinski definition) is 0. The number of esters is 2. The van der Waals surface area contributed by atoms with E-state index in [0.29, 0.717) is 5.57 Å². The summed E-state index contributed by atoms with van der Waals surface area (Å²) in [4.78, 5) is 27.9. The maximum absolute atomic E-state index is 15.1. The number of ether oxygens (including phenoxy) is 2. The van der Waals surface area contributed by atoms with Crippen LogP contribution in [0.2, 0.25) is 0 Å². The fourth-order valence-electron chi connectivity index (χ4n) is 2.53. The molecule has 5 nitrogen and oxygen atoms in total. The van der Waals surface area contributed by atoms with Gasteiger partial charge in [0.2, 0.25) is 5.67 Å². The standard InChI is InChI=1S/C17H20FNO4/c1-16(2,3)23-13(20)10-11-7-8-17(18,15(21)22-4)12-6-5-9-19-14(11)12/h5-6,9-10H,7-8H2,1-4H3. The average molecular weight is 321 g/mol. The fraction of sp³-hybridized carbons (Fsp3) is 0.471. The van der Waals surface area contributed by atoms with Gasteiger partial charge in [0.25, 0.3) is 0 Å². The van der Waals surface area contributed by atoms with Crippen LogP contribution in [-0.4, -0.2) is 29.6 Å². The van der Waals surface area contributed by atoms with Gasteiger partial charge in [-0.3, -0.25) is 4.98 Å². The maximum atomic E-state index is 15.1. The van der Waals surface area contributed by atoms with Crippen molar-refractivity contribution in [3.05, 3.63) is 35.7 Å². The predicted molar refractivity (Wildman–Crippen MR) is 82.1 cm³/mol. The van der Waals surface area contributed by atoms with Crippen molar-refractivity contribution >= 4 is 17.5 Å². The first kappa shape index (κ1) is 17.1. The molecule has 1 aliphatic rings. The largest absolute Gasteiger partial charge is 0.466 e. The number of carbonyl (C=O) groups excluding carboxylic acids is 2. The third-order valence-electron chi connectivity index (χ3n) is 3.49. The molecule has 1 aromatic rings. The summed E-state index contributed by atoms with van der Waals surface area (Å²) in [6.07, 6.45) is 2.89. The lowest BCUT2D eigenvalue weighted by Crippen LogP contribution is -2.36. The molecule has 0 aromatic carbocycles. The molecule has 0 aliphatic heterocycles. The van der Waals surface area contributed by atoms with E-state index in [1.165, 1.54) is 18.3 Å². The molecule has 1 aliphatic carbocycles. The van der Waals surface area contributed by atoms with Gasteiger partial charge in [0, 0.05) is 24.3 Å². The number of methoxy groups -OCH3 is 1. The number of fused-ring (bicyclic) bond motifs is 1. The van der Waals surface area contributed by atoms with Gasteiger partial charge in [-0.05, 0) is 38.8 Å². The highest BCUT2D eigenvalue weighted by Crippen LogP contribution is 2.43. The van der Waals surface area contributed by atoms with Gasteiger partial charge in [0.15, 0.2) is 0 Å². The zero-order chi connectivity index (χ0) is 17.3. The molecule has 0 amide bonds. The van der Waals surface area contributed by atoms with Crippen LogP contribution in [0.3, 0.4) is 0 Å². The molecule has 1 aromatic heterocycles. The van der Waals surface area contributed by atoms with Crippen LogP contribution in [0.15, 0.2) is 24.4 Å². The van der Waals surface area contributed by atoms with Gasteiger partial charge >= 0.3 is 11.9 Å². The Kier molecular flexibility index (Phi) is 4.54. The molecule has 1 unspecified atom stereocenters. The van der Waals surface area contributed by atoms with Crippen LogP contribution in [0.1, 0.15) is 44.9 Å². The molecule has 1 heterocycles. The van der Waals surface area contributed by atoms with Crippen molar-refractivity contribution in [3.63, 3.8) is 0 Å². The molecule has 0 saturated heterocycles. The van der Waals surface area contributed by atoms with Crippen molar-refractivity contribution in [1.82, 2.24) is 4.98 Å². The number of carbonyl (C=O) groups is 2. The van der Waals surface area contributed by atoms with Crippen molar-refractivity contribution in [1.29, 1.82) is 0 Å². The quantitative estimate of drug-likeness (QED) is 0.619. The Morgan fingerprint density at radius 2 is 2.09 bits per heavy atom. The van der Waals surface area contributed by atoms with Crippen LogP contribution >= 0.6 is 0 Å². The van der Waals surface area contributed by atoms with Crippen molar-refractivity contribution < 1.29 is 23.5 Å². The van der Waals surface area contributed by atoms with Crippen molar-refractivity contribution in [2.24, 2.45) is 0 Å². The predicted octanol–water partition coefficient (Wildman–Crippen LogP) is 2.94. The van der Waals surface area contributed by atoms with Gasteiger partial charge < -0.3 is 9.47 Å². The second-order valence-electron chi connectivity index (χ2n) is 6.40. The van der Waals surface area contributed by atoms with Crippen LogP contribution < -0.4 is 0 Å². The summed E-state index contributed by atoms with van der Waals surface area (Å²) < 4.78 is 24.9. The molecule has 0 radical (unpaired) electrons. The smallest absolute Gasteiger partial charge is 0.348 e. The fourth-order valence-corrected chi connectivity index (χ4v) is 2.53. The van der Waals surface area contributed by atoms with E-state index in [0.717, 1.165) is 7.11 Å². The molecule has 0 saturated carbocycles. The Morgan fingerprint density at radius 3 is 2.70 bits per heavy atom. The topological polar surface area (TPSA) is 65.5 Å². The molecule has 0 fully saturated rings. The van der Waals surface area contributed by atoms with E-state index in [-0.39, 0.29) is 24.1 Å². The number of pyridine rings is 1. The van der Waals surface area contributed by atoms with Gasteiger partial charge in [0.05, 0.1) is 12.8 Å². The van der Waals surface area contributed by atoms with E-state index >= 15 is 4.39 Å². The minimum atomic E-state index is -2.25. The normalized spacial score (nSPS) is 22.4. The first-order valence-corrected chi connectivity index (χ1v) is 7.34. The van der Waals surface area contributed by atoms with E-state index in [4.69, 9.17) is 4.74 Å². The first-order chi connectivity index (χ1) is 10.7. The molecular formula is C17H20FNO4. The molecule has 6 heteroatoms. The zero-order valence-electron chi connectivity index (χ0n) is 13.7. The van der Waals surface area contributed by atoms with Gasteiger partial charge in [-0.1, -0.05) is 6.07 Å². The molecule has 1 atom stereocenters. The molecule has 2 rings (SSSR count). The molecule has 0 spiro atoms. The van der Waals surface area contributed by atoms with Gasteiger partial charge in [0.1, 0.15) is 5.60 Å². The van der Waals surface area contributed by atoms with E-state index in [2.05, 4.69) is 9.72 Å². The van der Waals surface area contributed by atoms with Crippen LogP contribution in [-0.2, 0) is 24.7 Å². The lowest BCUT2D eigenvalue weighted by atomic mass is 9.80. The lowest BCUT2D eigenvalue weighted by Gasteiger charge is -2.30. The molecule has 0 N–H and O–H groups in total. The Labute approximate surface area is 134 Å². The number of allylic oxidation sites excluding steroid dienone is 1. The zero-order valence-corrected chi connectivity index (χ0v) is 13.7. The molecule has 0 bridgehead atoms. The third kappa shape index (κ3) is 3.57. The average Bonchev–Trinajstić information content (AvgIpc) is 2.48. The minimum absolute atomic E-state index is 0.104. The summed E-state index contributed by atoms with van der Waals surface area (Å²) in [6.45, 7) is 5.29. The Morgan fingerprint density at radius 1 is 1.39 bits per heavy atom. The summed E-state index contributed by atoms with van der Waals surface area (Å²) >= 11 is 0. The first-order valence-electron chi connectivity index (χ1n) is 7.34. The van der Waals surface area contributed by atoms with E-state index < -0.39 is 23.2 Å². The summed E-state index contributed by atoms with van der Waals surface area (Å²) in [5.41, 5.74) is -1.91. The highest BCUT2D eigenvalue weighted by Gasteiger charge is 2.47. The number of nitrogens with zero attached hydrogens (tertiary/aromatic N) is 1. The monoisotopic (exact) mass is 321 g/mol. The van der Waals surface area contributed by atoms with Gasteiger partial charge in [-0.25, -0.2) is 14.0 Å². The van der Waals surface area contributed by atoms with Crippen LogP contribution in [0.5, 0.6) is 0 Å². The number of rotatable bonds is 2. The van der Waals surface area contributed by atoms with E-state index in [9.17, 15) is 9.59 Å². The van der Waals surface area contributed by atoms with E-state index in [1.807, 2.05) is 0 Å². The van der Waals surface area contributed by atoms with Crippen LogP contribution in [0.4, 0.5) is 4.39 Å². The van der Waals surface area contributed by atoms with Crippen molar-refractivity contribution in [3.8, 4) is 0 Å². The molecule has 23 heavy (non-hydrogen) atoms. The maximum Gasteiger partial charge on any atom is 0.348 e. The lowest BCUT2D eigenvalue weighted by molar-refractivity contribution is -0.156. The number of alkyl halides is 1. The van der Waals surface area contributed by atoms with Gasteiger partial charge in [-0.2, -0.15) is 0 Å². The summed E-state index contributed by atoms with van der Waals surface area (Å²) in [5.74, 6) is -1.48. The number of aromatic nitrogens is 1. The second kappa shape index (κ2) is 6.10. The number of hydrogen-bond acceptors (Lipinski definition) is 5. The van der Waals surface area contributed by atoms with Crippen LogP contribution in [0.25, 0.3) is 5.57 Å². The Bertz CT molecular complexity index is 663. The third-order valence-corrected chi connectivity index (χ3v) is 3.49. The Hall–Kier alpha value is -2.24. The second-order valence-corrected chi connectivity index (χ2v) is 6.40. The SMILES string of the molecule is COC(=O)C1(F)CCC(=CC(=O)OC(C)(C)C)c2ncccc21. The Balaban J connectivity index is 2.41. The summed E-state index contributed by atoms with van der Waals surface area (Å²) in [5, 5.41) is 0. The van der Waals surface area contributed by atoms with Crippen molar-refractivity contribution in [2.75, 3.05) is 7.11 Å². The van der Waals surface area contributed by atoms with Crippen molar-refractivity contribution in [2.45, 2.75) is 44.9 Å². The summed E-state index contributed by atoms with van der Waals surface area (Å²) in [6, 6.07) is 3.04. The summed E-state index contributed by atoms with van der Waals surface area (Å²) in [7, 11) is 1.14. The highest BCUT2D eigenvalue weighted by atomic mass is 19.1. The number of halogens is 1. The highest BCUT2D eigenvalue weighted by molar-refractivity contribution is 5.94. The van der Waals surface area contributed by atoms with Gasteiger partial charge in [-0.15, -0.1) is 0 Å².